The number of aromatic nitrogens is 4. The van der Waals surface area contributed by atoms with E-state index in [9.17, 15) is 18.3 Å². The smallest absolute Gasteiger partial charge is 0.393 e. The Hall–Kier alpha value is -3.21. The number of rotatable bonds is 5. The van der Waals surface area contributed by atoms with Gasteiger partial charge in [-0.1, -0.05) is 11.6 Å². The van der Waals surface area contributed by atoms with Gasteiger partial charge in [0, 0.05) is 35.4 Å². The van der Waals surface area contributed by atoms with Gasteiger partial charge in [0.2, 0.25) is 0 Å². The summed E-state index contributed by atoms with van der Waals surface area (Å²) >= 11 is 6.27. The first-order valence-corrected chi connectivity index (χ1v) is 9.36. The van der Waals surface area contributed by atoms with Gasteiger partial charge >= 0.3 is 6.18 Å². The SMILES string of the molecule is OC[C@@H](O)c1cnc(-c2cnc3c(Nc4ccc(C(F)(F)F)cc4)cnn3c2)c(Cl)c1. The molecular weight excluding hydrogens is 435 g/mol. The zero-order chi connectivity index (χ0) is 22.2. The van der Waals surface area contributed by atoms with E-state index in [1.165, 1.54) is 41.3 Å². The van der Waals surface area contributed by atoms with Crippen molar-refractivity contribution >= 4 is 28.6 Å². The summed E-state index contributed by atoms with van der Waals surface area (Å²) in [7, 11) is 0. The summed E-state index contributed by atoms with van der Waals surface area (Å²) < 4.78 is 39.6. The second kappa shape index (κ2) is 8.14. The van der Waals surface area contributed by atoms with Gasteiger partial charge < -0.3 is 15.5 Å². The van der Waals surface area contributed by atoms with Crippen molar-refractivity contribution in [2.75, 3.05) is 11.9 Å². The van der Waals surface area contributed by atoms with Crippen molar-refractivity contribution in [1.82, 2.24) is 19.6 Å². The molecule has 0 spiro atoms. The van der Waals surface area contributed by atoms with Crippen LogP contribution in [0.3, 0.4) is 0 Å². The number of benzene rings is 1. The lowest BCUT2D eigenvalue weighted by molar-refractivity contribution is -0.137. The molecule has 4 aromatic rings. The lowest BCUT2D eigenvalue weighted by atomic mass is 10.1. The Balaban J connectivity index is 1.60. The summed E-state index contributed by atoms with van der Waals surface area (Å²) in [5, 5.41) is 26.2. The topological polar surface area (TPSA) is 95.6 Å². The highest BCUT2D eigenvalue weighted by molar-refractivity contribution is 6.33. The van der Waals surface area contributed by atoms with E-state index in [-0.39, 0.29) is 5.02 Å². The molecule has 0 aliphatic heterocycles. The minimum absolute atomic E-state index is 0.265. The highest BCUT2D eigenvalue weighted by Gasteiger charge is 2.30. The monoisotopic (exact) mass is 449 g/mol. The van der Waals surface area contributed by atoms with E-state index in [1.54, 1.807) is 6.20 Å². The normalized spacial score (nSPS) is 12.8. The Bertz CT molecular complexity index is 1230. The first-order valence-electron chi connectivity index (χ1n) is 8.98. The van der Waals surface area contributed by atoms with Crippen molar-refractivity contribution in [2.24, 2.45) is 0 Å². The van der Waals surface area contributed by atoms with E-state index in [2.05, 4.69) is 20.4 Å². The molecule has 11 heteroatoms. The number of hydrogen-bond donors (Lipinski definition) is 3. The van der Waals surface area contributed by atoms with Crippen molar-refractivity contribution in [3.8, 4) is 11.3 Å². The van der Waals surface area contributed by atoms with Crippen LogP contribution in [0.1, 0.15) is 17.2 Å². The van der Waals surface area contributed by atoms with Crippen LogP contribution in [0.4, 0.5) is 24.5 Å². The molecule has 3 N–H and O–H groups in total. The number of halogens is 4. The highest BCUT2D eigenvalue weighted by Crippen LogP contribution is 2.31. The van der Waals surface area contributed by atoms with Gasteiger partial charge in [-0.25, -0.2) is 9.50 Å². The van der Waals surface area contributed by atoms with E-state index in [1.807, 2.05) is 0 Å². The van der Waals surface area contributed by atoms with E-state index in [0.29, 0.717) is 33.8 Å². The molecule has 1 atom stereocenters. The molecule has 0 radical (unpaired) electrons. The predicted molar refractivity (Wildman–Crippen MR) is 108 cm³/mol. The van der Waals surface area contributed by atoms with Gasteiger partial charge in [0.05, 0.1) is 29.1 Å². The zero-order valence-electron chi connectivity index (χ0n) is 15.7. The molecule has 0 unspecified atom stereocenters. The number of nitrogens with one attached hydrogen (secondary N) is 1. The number of anilines is 2. The second-order valence-corrected chi connectivity index (χ2v) is 7.07. The van der Waals surface area contributed by atoms with Crippen molar-refractivity contribution in [2.45, 2.75) is 12.3 Å². The Morgan fingerprint density at radius 1 is 1.10 bits per heavy atom. The first-order chi connectivity index (χ1) is 14.8. The van der Waals surface area contributed by atoms with Gasteiger partial charge in [-0.2, -0.15) is 18.3 Å². The second-order valence-electron chi connectivity index (χ2n) is 6.67. The minimum Gasteiger partial charge on any atom is -0.393 e. The number of aliphatic hydroxyl groups excluding tert-OH is 2. The summed E-state index contributed by atoms with van der Waals surface area (Å²) in [6, 6.07) is 6.14. The summed E-state index contributed by atoms with van der Waals surface area (Å²) in [5.41, 5.74) is 2.04. The van der Waals surface area contributed by atoms with Crippen LogP contribution in [0.25, 0.3) is 16.9 Å². The maximum absolute atomic E-state index is 12.7. The van der Waals surface area contributed by atoms with Gasteiger partial charge in [-0.05, 0) is 30.3 Å². The van der Waals surface area contributed by atoms with Gasteiger partial charge in [0.15, 0.2) is 5.65 Å². The van der Waals surface area contributed by atoms with Crippen LogP contribution < -0.4 is 5.32 Å². The molecule has 0 aliphatic rings. The molecule has 0 amide bonds. The Morgan fingerprint density at radius 2 is 1.84 bits per heavy atom. The summed E-state index contributed by atoms with van der Waals surface area (Å²) in [6.45, 7) is -0.452. The van der Waals surface area contributed by atoms with Crippen LogP contribution in [0.15, 0.2) is 55.1 Å². The van der Waals surface area contributed by atoms with E-state index < -0.39 is 24.5 Å². The van der Waals surface area contributed by atoms with Crippen LogP contribution in [-0.4, -0.2) is 36.4 Å². The van der Waals surface area contributed by atoms with Gasteiger partial charge in [-0.3, -0.25) is 4.98 Å². The maximum Gasteiger partial charge on any atom is 0.416 e. The Labute approximate surface area is 178 Å². The maximum atomic E-state index is 12.7. The van der Waals surface area contributed by atoms with Gasteiger partial charge in [-0.15, -0.1) is 0 Å². The minimum atomic E-state index is -4.40. The van der Waals surface area contributed by atoms with Crippen LogP contribution in [0, 0.1) is 0 Å². The van der Waals surface area contributed by atoms with Crippen molar-refractivity contribution in [3.05, 3.63) is 71.3 Å². The lowest BCUT2D eigenvalue weighted by Crippen LogP contribution is -2.04. The average Bonchev–Trinajstić information content (AvgIpc) is 3.14. The molecule has 0 saturated carbocycles. The summed E-state index contributed by atoms with van der Waals surface area (Å²) in [4.78, 5) is 8.59. The fourth-order valence-corrected chi connectivity index (χ4v) is 3.22. The Kier molecular flexibility index (Phi) is 5.52. The number of aliphatic hydroxyl groups is 2. The molecule has 7 nitrogen and oxygen atoms in total. The fraction of sp³-hybridized carbons (Fsp3) is 0.150. The number of nitrogens with zero attached hydrogens (tertiary/aromatic N) is 4. The molecule has 0 aliphatic carbocycles. The van der Waals surface area contributed by atoms with Crippen LogP contribution in [0.2, 0.25) is 5.02 Å². The van der Waals surface area contributed by atoms with E-state index in [0.717, 1.165) is 12.1 Å². The molecule has 160 valence electrons. The van der Waals surface area contributed by atoms with Crippen molar-refractivity contribution < 1.29 is 23.4 Å². The predicted octanol–water partition coefficient (Wildman–Crippen LogP) is 4.23. The average molecular weight is 450 g/mol. The molecule has 4 rings (SSSR count). The molecule has 1 aromatic carbocycles. The third-order valence-electron chi connectivity index (χ3n) is 4.54. The van der Waals surface area contributed by atoms with Gasteiger partial charge in [0.25, 0.3) is 0 Å². The summed E-state index contributed by atoms with van der Waals surface area (Å²) in [6.07, 6.45) is 0.614. The van der Waals surface area contributed by atoms with E-state index >= 15 is 0 Å². The molecule has 3 heterocycles. The molecule has 3 aromatic heterocycles. The lowest BCUT2D eigenvalue weighted by Gasteiger charge is -2.10. The van der Waals surface area contributed by atoms with Crippen LogP contribution >= 0.6 is 11.6 Å². The standard InChI is InChI=1S/C20H15ClF3N5O2/c21-15-5-11(17(31)10-30)6-25-18(15)12-7-26-19-16(8-27-29(19)9-12)28-14-3-1-13(2-4-14)20(22,23)24/h1-9,17,28,30-31H,10H2/t17-/m1/s1. The molecule has 31 heavy (non-hydrogen) atoms. The Morgan fingerprint density at radius 3 is 2.48 bits per heavy atom. The van der Waals surface area contributed by atoms with Crippen LogP contribution in [0.5, 0.6) is 0 Å². The molecule has 0 saturated heterocycles. The highest BCUT2D eigenvalue weighted by atomic mass is 35.5. The largest absolute Gasteiger partial charge is 0.416 e. The number of pyridine rings is 1. The van der Waals surface area contributed by atoms with Gasteiger partial charge in [0.1, 0.15) is 11.8 Å². The summed E-state index contributed by atoms with van der Waals surface area (Å²) in [5.74, 6) is 0. The number of fused-ring (bicyclic) bond motifs is 1. The van der Waals surface area contributed by atoms with Crippen LogP contribution in [-0.2, 0) is 6.18 Å². The molecule has 0 bridgehead atoms. The third-order valence-corrected chi connectivity index (χ3v) is 4.83. The van der Waals surface area contributed by atoms with Crippen molar-refractivity contribution in [1.29, 1.82) is 0 Å². The fourth-order valence-electron chi connectivity index (χ4n) is 2.94. The molecular formula is C20H15ClF3N5O2. The van der Waals surface area contributed by atoms with E-state index in [4.69, 9.17) is 16.7 Å². The van der Waals surface area contributed by atoms with Crippen molar-refractivity contribution in [3.63, 3.8) is 0 Å². The third kappa shape index (κ3) is 4.31. The first kappa shape index (κ1) is 21.0. The number of alkyl halides is 3. The molecule has 0 fully saturated rings. The zero-order valence-corrected chi connectivity index (χ0v) is 16.4. The number of hydrogen-bond acceptors (Lipinski definition) is 6. The quantitative estimate of drug-likeness (QED) is 0.422.